The van der Waals surface area contributed by atoms with Gasteiger partial charge in [-0.25, -0.2) is 4.79 Å². The van der Waals surface area contributed by atoms with E-state index in [1.165, 1.54) is 12.1 Å². The molecule has 0 bridgehead atoms. The van der Waals surface area contributed by atoms with Crippen molar-refractivity contribution < 1.29 is 19.4 Å². The molecular weight excluding hydrogens is 338 g/mol. The van der Waals surface area contributed by atoms with Crippen LogP contribution in [0.25, 0.3) is 0 Å². The van der Waals surface area contributed by atoms with E-state index in [-0.39, 0.29) is 18.1 Å². The van der Waals surface area contributed by atoms with Crippen molar-refractivity contribution in [2.45, 2.75) is 19.3 Å². The number of amides is 1. The second kappa shape index (κ2) is 6.76. The van der Waals surface area contributed by atoms with Crippen LogP contribution in [-0.2, 0) is 4.79 Å². The lowest BCUT2D eigenvalue weighted by Crippen LogP contribution is -2.30. The molecule has 0 aliphatic heterocycles. The Hall–Kier alpha value is -1.82. The van der Waals surface area contributed by atoms with Gasteiger partial charge in [0.05, 0.1) is 10.0 Å². The number of hydrogen-bond acceptors (Lipinski definition) is 3. The van der Waals surface area contributed by atoms with Gasteiger partial charge in [0.2, 0.25) is 0 Å². The Morgan fingerprint density at radius 2 is 2.19 bits per heavy atom. The monoisotopic (exact) mass is 353 g/mol. The molecule has 5 nitrogen and oxygen atoms in total. The van der Waals surface area contributed by atoms with Crippen LogP contribution in [0.1, 0.15) is 29.6 Å². The predicted octanol–water partition coefficient (Wildman–Crippen LogP) is 3.05. The number of likely N-dealkylation sites (N-methyl/N-ethyl adjacent to an activating group) is 1. The Kier molecular flexibility index (Phi) is 5.01. The van der Waals surface area contributed by atoms with Gasteiger partial charge in [0.15, 0.2) is 6.61 Å². The summed E-state index contributed by atoms with van der Waals surface area (Å²) in [4.78, 5) is 24.6. The van der Waals surface area contributed by atoms with Crippen LogP contribution in [0.4, 0.5) is 0 Å². The second-order valence-corrected chi connectivity index (χ2v) is 5.63. The Morgan fingerprint density at radius 3 is 2.81 bits per heavy atom. The molecule has 21 heavy (non-hydrogen) atoms. The smallest absolute Gasteiger partial charge is 0.335 e. The van der Waals surface area contributed by atoms with Gasteiger partial charge >= 0.3 is 5.97 Å². The quantitative estimate of drug-likeness (QED) is 0.883. The largest absolute Gasteiger partial charge is 0.483 e. The van der Waals surface area contributed by atoms with Gasteiger partial charge in [0.25, 0.3) is 5.91 Å². The van der Waals surface area contributed by atoms with E-state index in [1.54, 1.807) is 18.0 Å². The molecule has 1 amide bonds. The molecule has 1 aliphatic rings. The highest BCUT2D eigenvalue weighted by molar-refractivity contribution is 9.10. The van der Waals surface area contributed by atoms with Gasteiger partial charge < -0.3 is 14.7 Å². The summed E-state index contributed by atoms with van der Waals surface area (Å²) in [6.45, 7) is -0.129. The van der Waals surface area contributed by atoms with Crippen LogP contribution in [0.3, 0.4) is 0 Å². The fraction of sp³-hybridized carbons (Fsp3) is 0.333. The molecule has 2 rings (SSSR count). The average Bonchev–Trinajstić information content (AvgIpc) is 2.99. The maximum absolute atomic E-state index is 12.1. The van der Waals surface area contributed by atoms with Crippen molar-refractivity contribution in [1.82, 2.24) is 4.90 Å². The van der Waals surface area contributed by atoms with Gasteiger partial charge in [-0.2, -0.15) is 0 Å². The Bertz CT molecular complexity index is 597. The fourth-order valence-corrected chi connectivity index (χ4v) is 2.46. The zero-order valence-corrected chi connectivity index (χ0v) is 13.2. The molecule has 0 heterocycles. The van der Waals surface area contributed by atoms with E-state index in [0.717, 1.165) is 25.0 Å². The molecule has 6 heteroatoms. The summed E-state index contributed by atoms with van der Waals surface area (Å²) < 4.78 is 6.06. The molecule has 0 aromatic heterocycles. The molecule has 0 unspecified atom stereocenters. The van der Waals surface area contributed by atoms with Crippen molar-refractivity contribution in [2.75, 3.05) is 13.7 Å². The van der Waals surface area contributed by atoms with E-state index in [0.29, 0.717) is 10.2 Å². The number of halogens is 1. The topological polar surface area (TPSA) is 66.8 Å². The lowest BCUT2D eigenvalue weighted by Gasteiger charge is -2.19. The maximum atomic E-state index is 12.1. The fourth-order valence-electron chi connectivity index (χ4n) is 2.10. The van der Waals surface area contributed by atoms with Crippen LogP contribution >= 0.6 is 15.9 Å². The molecule has 0 saturated carbocycles. The van der Waals surface area contributed by atoms with Crippen molar-refractivity contribution in [3.63, 3.8) is 0 Å². The van der Waals surface area contributed by atoms with Gasteiger partial charge in [-0.15, -0.1) is 0 Å². The number of hydrogen-bond donors (Lipinski definition) is 1. The molecule has 1 aromatic rings. The number of carboxylic acid groups (broad SMARTS) is 1. The first-order valence-corrected chi connectivity index (χ1v) is 7.39. The summed E-state index contributed by atoms with van der Waals surface area (Å²) in [5.41, 5.74) is 1.13. The molecule has 0 spiro atoms. The average molecular weight is 354 g/mol. The van der Waals surface area contributed by atoms with Gasteiger partial charge in [0.1, 0.15) is 5.75 Å². The van der Waals surface area contributed by atoms with E-state index in [4.69, 9.17) is 9.84 Å². The van der Waals surface area contributed by atoms with E-state index >= 15 is 0 Å². The first kappa shape index (κ1) is 15.6. The van der Waals surface area contributed by atoms with Crippen molar-refractivity contribution in [1.29, 1.82) is 0 Å². The molecule has 0 atom stereocenters. The number of benzene rings is 1. The first-order valence-electron chi connectivity index (χ1n) is 6.60. The van der Waals surface area contributed by atoms with Gasteiger partial charge in [-0.1, -0.05) is 6.08 Å². The van der Waals surface area contributed by atoms with Crippen molar-refractivity contribution >= 4 is 27.8 Å². The predicted molar refractivity (Wildman–Crippen MR) is 81.3 cm³/mol. The summed E-state index contributed by atoms with van der Waals surface area (Å²) in [6, 6.07) is 4.46. The van der Waals surface area contributed by atoms with Crippen molar-refractivity contribution in [2.24, 2.45) is 0 Å². The van der Waals surface area contributed by atoms with Gasteiger partial charge in [-0.05, 0) is 53.4 Å². The third kappa shape index (κ3) is 3.85. The summed E-state index contributed by atoms with van der Waals surface area (Å²) in [5.74, 6) is -0.847. The molecular formula is C15H16BrNO4. The highest BCUT2D eigenvalue weighted by atomic mass is 79.9. The number of ether oxygens (including phenoxy) is 1. The molecule has 0 radical (unpaired) electrons. The number of nitrogens with zero attached hydrogens (tertiary/aromatic N) is 1. The third-order valence-electron chi connectivity index (χ3n) is 3.35. The SMILES string of the molecule is CN(C(=O)COc1cc(C(=O)O)ccc1Br)C1=CCCC1. The number of carboxylic acids is 1. The van der Waals surface area contributed by atoms with Crippen molar-refractivity contribution in [3.05, 3.63) is 40.0 Å². The molecule has 1 N–H and O–H groups in total. The van der Waals surface area contributed by atoms with E-state index in [1.807, 2.05) is 0 Å². The lowest BCUT2D eigenvalue weighted by atomic mass is 10.2. The number of carbonyl (C=O) groups is 2. The zero-order valence-electron chi connectivity index (χ0n) is 11.6. The minimum atomic E-state index is -1.04. The number of aromatic carboxylic acids is 1. The van der Waals surface area contributed by atoms with Crippen LogP contribution in [0.15, 0.2) is 34.4 Å². The van der Waals surface area contributed by atoms with E-state index < -0.39 is 5.97 Å². The Labute approximate surface area is 131 Å². The number of allylic oxidation sites excluding steroid dienone is 2. The Morgan fingerprint density at radius 1 is 1.43 bits per heavy atom. The minimum Gasteiger partial charge on any atom is -0.483 e. The third-order valence-corrected chi connectivity index (χ3v) is 4.01. The molecule has 112 valence electrons. The van der Waals surface area contributed by atoms with Crippen molar-refractivity contribution in [3.8, 4) is 5.75 Å². The van der Waals surface area contributed by atoms with E-state index in [2.05, 4.69) is 22.0 Å². The number of rotatable bonds is 5. The Balaban J connectivity index is 2.00. The molecule has 0 saturated heterocycles. The summed E-state index contributed by atoms with van der Waals surface area (Å²) in [6.07, 6.45) is 5.03. The van der Waals surface area contributed by atoms with Crippen LogP contribution in [0.2, 0.25) is 0 Å². The van der Waals surface area contributed by atoms with Crippen LogP contribution < -0.4 is 4.74 Å². The van der Waals surface area contributed by atoms with Gasteiger partial charge in [0, 0.05) is 12.7 Å². The first-order chi connectivity index (χ1) is 9.99. The van der Waals surface area contributed by atoms with Crippen LogP contribution in [-0.4, -0.2) is 35.5 Å². The van der Waals surface area contributed by atoms with Gasteiger partial charge in [-0.3, -0.25) is 4.79 Å². The minimum absolute atomic E-state index is 0.118. The highest BCUT2D eigenvalue weighted by Crippen LogP contribution is 2.26. The summed E-state index contributed by atoms with van der Waals surface area (Å²) in [7, 11) is 1.73. The molecule has 1 aliphatic carbocycles. The summed E-state index contributed by atoms with van der Waals surface area (Å²) in [5, 5.41) is 8.96. The normalized spacial score (nSPS) is 13.7. The second-order valence-electron chi connectivity index (χ2n) is 4.78. The van der Waals surface area contributed by atoms with E-state index in [9.17, 15) is 9.59 Å². The zero-order chi connectivity index (χ0) is 15.4. The number of carbonyl (C=O) groups excluding carboxylic acids is 1. The molecule has 0 fully saturated rings. The lowest BCUT2D eigenvalue weighted by molar-refractivity contribution is -0.130. The van der Waals surface area contributed by atoms with Crippen LogP contribution in [0.5, 0.6) is 5.75 Å². The maximum Gasteiger partial charge on any atom is 0.335 e. The van der Waals surface area contributed by atoms with Crippen LogP contribution in [0, 0.1) is 0 Å². The summed E-state index contributed by atoms with van der Waals surface area (Å²) >= 11 is 3.28. The standard InChI is InChI=1S/C15H16BrNO4/c1-17(11-4-2-3-5-11)14(18)9-21-13-8-10(15(19)20)6-7-12(13)16/h4,6-8H,2-3,5,9H2,1H3,(H,19,20). The molecule has 1 aromatic carbocycles. The highest BCUT2D eigenvalue weighted by Gasteiger charge is 2.17.